The molecule has 0 atom stereocenters. The molecule has 23 heavy (non-hydrogen) atoms. The quantitative estimate of drug-likeness (QED) is 0.762. The molecule has 0 spiro atoms. The van der Waals surface area contributed by atoms with Crippen molar-refractivity contribution in [2.24, 2.45) is 0 Å². The number of amides is 1. The van der Waals surface area contributed by atoms with Crippen LogP contribution in [0.15, 0.2) is 47.4 Å². The van der Waals surface area contributed by atoms with Crippen LogP contribution < -0.4 is 10.7 Å². The number of halogens is 3. The van der Waals surface area contributed by atoms with Gasteiger partial charge in [0.2, 0.25) is 5.43 Å². The molecule has 0 aliphatic heterocycles. The summed E-state index contributed by atoms with van der Waals surface area (Å²) >= 11 is 0. The van der Waals surface area contributed by atoms with Crippen LogP contribution in [-0.2, 0) is 0 Å². The highest BCUT2D eigenvalue weighted by Gasteiger charge is 2.14. The van der Waals surface area contributed by atoms with Gasteiger partial charge in [-0.2, -0.15) is 0 Å². The number of pyridine rings is 1. The lowest BCUT2D eigenvalue weighted by atomic mass is 10.1. The van der Waals surface area contributed by atoms with E-state index in [1.807, 2.05) is 0 Å². The van der Waals surface area contributed by atoms with Gasteiger partial charge in [-0.1, -0.05) is 0 Å². The Kier molecular flexibility index (Phi) is 3.61. The van der Waals surface area contributed by atoms with Gasteiger partial charge in [-0.05, 0) is 30.3 Å². The van der Waals surface area contributed by atoms with Crippen molar-refractivity contribution in [3.8, 4) is 0 Å². The van der Waals surface area contributed by atoms with Gasteiger partial charge >= 0.3 is 0 Å². The first-order valence-corrected chi connectivity index (χ1v) is 6.52. The summed E-state index contributed by atoms with van der Waals surface area (Å²) in [7, 11) is 0. The molecule has 0 saturated carbocycles. The van der Waals surface area contributed by atoms with Crippen LogP contribution in [0.4, 0.5) is 18.9 Å². The van der Waals surface area contributed by atoms with E-state index < -0.39 is 28.8 Å². The molecule has 0 aliphatic carbocycles. The van der Waals surface area contributed by atoms with E-state index in [1.165, 1.54) is 12.1 Å². The Morgan fingerprint density at radius 1 is 0.957 bits per heavy atom. The number of hydrogen-bond acceptors (Lipinski definition) is 2. The lowest BCUT2D eigenvalue weighted by Crippen LogP contribution is -2.22. The average Bonchev–Trinajstić information content (AvgIpc) is 2.47. The summed E-state index contributed by atoms with van der Waals surface area (Å²) in [4.78, 5) is 27.1. The molecule has 0 aliphatic rings. The predicted molar refractivity (Wildman–Crippen MR) is 78.8 cm³/mol. The molecule has 1 aromatic heterocycles. The summed E-state index contributed by atoms with van der Waals surface area (Å²) in [5.74, 6) is -3.21. The van der Waals surface area contributed by atoms with E-state index in [-0.39, 0.29) is 16.6 Å². The van der Waals surface area contributed by atoms with Crippen molar-refractivity contribution in [2.45, 2.75) is 0 Å². The number of fused-ring (bicyclic) bond motifs is 1. The lowest BCUT2D eigenvalue weighted by molar-refractivity contribution is 0.102. The maximum absolute atomic E-state index is 13.2. The summed E-state index contributed by atoms with van der Waals surface area (Å²) in [6.45, 7) is 0. The van der Waals surface area contributed by atoms with Gasteiger partial charge in [0.15, 0.2) is 0 Å². The fourth-order valence-electron chi connectivity index (χ4n) is 2.18. The largest absolute Gasteiger partial charge is 0.360 e. The first-order chi connectivity index (χ1) is 10.9. The number of carbonyl (C=O) groups is 1. The fourth-order valence-corrected chi connectivity index (χ4v) is 2.18. The first-order valence-electron chi connectivity index (χ1n) is 6.52. The topological polar surface area (TPSA) is 62.0 Å². The maximum Gasteiger partial charge on any atom is 0.261 e. The Balaban J connectivity index is 2.01. The maximum atomic E-state index is 13.2. The highest BCUT2D eigenvalue weighted by Crippen LogP contribution is 2.15. The number of aromatic amines is 1. The molecule has 1 heterocycles. The Morgan fingerprint density at radius 3 is 2.35 bits per heavy atom. The van der Waals surface area contributed by atoms with E-state index in [0.29, 0.717) is 11.6 Å². The zero-order valence-electron chi connectivity index (χ0n) is 11.5. The summed E-state index contributed by atoms with van der Waals surface area (Å²) in [5, 5.41) is 2.23. The molecule has 0 saturated heterocycles. The van der Waals surface area contributed by atoms with E-state index in [4.69, 9.17) is 0 Å². The molecule has 4 nitrogen and oxygen atoms in total. The first kappa shape index (κ1) is 14.8. The Hall–Kier alpha value is -3.09. The van der Waals surface area contributed by atoms with Gasteiger partial charge in [0.05, 0.1) is 0 Å². The third-order valence-corrected chi connectivity index (χ3v) is 3.21. The molecular formula is C16H9F3N2O2. The van der Waals surface area contributed by atoms with Crippen molar-refractivity contribution in [1.29, 1.82) is 0 Å². The van der Waals surface area contributed by atoms with Crippen LogP contribution in [0.1, 0.15) is 10.4 Å². The molecule has 3 aromatic rings. The molecule has 0 fully saturated rings. The highest BCUT2D eigenvalue weighted by atomic mass is 19.1. The van der Waals surface area contributed by atoms with Gasteiger partial charge in [0.25, 0.3) is 5.91 Å². The van der Waals surface area contributed by atoms with Gasteiger partial charge in [-0.3, -0.25) is 9.59 Å². The normalized spacial score (nSPS) is 10.7. The second-order valence-electron chi connectivity index (χ2n) is 4.83. The standard InChI is InChI=1S/C16H9F3N2O2/c17-8-1-2-14-12(6-8)15(22)13(7-20-14)16(23)21-11-4-9(18)3-10(19)5-11/h1-7H,(H,20,22)(H,21,23). The molecule has 116 valence electrons. The van der Waals surface area contributed by atoms with Crippen LogP contribution in [-0.4, -0.2) is 10.9 Å². The van der Waals surface area contributed by atoms with Crippen molar-refractivity contribution in [1.82, 2.24) is 4.98 Å². The number of rotatable bonds is 2. The molecular weight excluding hydrogens is 309 g/mol. The molecule has 3 rings (SSSR count). The van der Waals surface area contributed by atoms with Crippen LogP contribution in [0, 0.1) is 17.5 Å². The average molecular weight is 318 g/mol. The van der Waals surface area contributed by atoms with Crippen molar-refractivity contribution in [2.75, 3.05) is 5.32 Å². The molecule has 7 heteroatoms. The van der Waals surface area contributed by atoms with Crippen LogP contribution in [0.3, 0.4) is 0 Å². The minimum atomic E-state index is -0.866. The molecule has 2 N–H and O–H groups in total. The Morgan fingerprint density at radius 2 is 1.65 bits per heavy atom. The number of H-pyrrole nitrogens is 1. The Bertz CT molecular complexity index is 962. The number of aromatic nitrogens is 1. The molecule has 0 unspecified atom stereocenters. The molecule has 2 aromatic carbocycles. The summed E-state index contributed by atoms with van der Waals surface area (Å²) in [6.07, 6.45) is 1.16. The minimum Gasteiger partial charge on any atom is -0.360 e. The van der Waals surface area contributed by atoms with Gasteiger partial charge in [-0.15, -0.1) is 0 Å². The smallest absolute Gasteiger partial charge is 0.261 e. The fraction of sp³-hybridized carbons (Fsp3) is 0. The van der Waals surface area contributed by atoms with Gasteiger partial charge in [0, 0.05) is 28.9 Å². The predicted octanol–water partition coefficient (Wildman–Crippen LogP) is 3.20. The Labute approximate surface area is 127 Å². The van der Waals surface area contributed by atoms with Gasteiger partial charge < -0.3 is 10.3 Å². The second-order valence-corrected chi connectivity index (χ2v) is 4.83. The van der Waals surface area contributed by atoms with Crippen LogP contribution in [0.25, 0.3) is 10.9 Å². The van der Waals surface area contributed by atoms with E-state index in [2.05, 4.69) is 10.3 Å². The summed E-state index contributed by atoms with van der Waals surface area (Å²) in [5.41, 5.74) is -0.753. The zero-order chi connectivity index (χ0) is 16.6. The number of benzene rings is 2. The second kappa shape index (κ2) is 5.60. The van der Waals surface area contributed by atoms with Crippen LogP contribution in [0.5, 0.6) is 0 Å². The van der Waals surface area contributed by atoms with Crippen LogP contribution in [0.2, 0.25) is 0 Å². The minimum absolute atomic E-state index is 0.00285. The molecule has 1 amide bonds. The SMILES string of the molecule is O=C(Nc1cc(F)cc(F)c1)c1c[nH]c2ccc(F)cc2c1=O. The van der Waals surface area contributed by atoms with Gasteiger partial charge in [0.1, 0.15) is 23.0 Å². The summed E-state index contributed by atoms with van der Waals surface area (Å²) in [6, 6.07) is 6.03. The molecule has 0 radical (unpaired) electrons. The van der Waals surface area contributed by atoms with E-state index in [0.717, 1.165) is 24.4 Å². The summed E-state index contributed by atoms with van der Waals surface area (Å²) < 4.78 is 39.5. The van der Waals surface area contributed by atoms with Crippen LogP contribution >= 0.6 is 0 Å². The van der Waals surface area contributed by atoms with Crippen molar-refractivity contribution in [3.63, 3.8) is 0 Å². The van der Waals surface area contributed by atoms with E-state index in [9.17, 15) is 22.8 Å². The monoisotopic (exact) mass is 318 g/mol. The van der Waals surface area contributed by atoms with Gasteiger partial charge in [-0.25, -0.2) is 13.2 Å². The highest BCUT2D eigenvalue weighted by molar-refractivity contribution is 6.05. The van der Waals surface area contributed by atoms with Crippen molar-refractivity contribution < 1.29 is 18.0 Å². The number of hydrogen-bond donors (Lipinski definition) is 2. The van der Waals surface area contributed by atoms with Crippen molar-refractivity contribution >= 4 is 22.5 Å². The third-order valence-electron chi connectivity index (χ3n) is 3.21. The third kappa shape index (κ3) is 2.94. The number of carbonyl (C=O) groups excluding carboxylic acids is 1. The zero-order valence-corrected chi connectivity index (χ0v) is 11.5. The number of nitrogens with one attached hydrogen (secondary N) is 2. The van der Waals surface area contributed by atoms with Crippen molar-refractivity contribution in [3.05, 3.63) is 75.8 Å². The number of anilines is 1. The van der Waals surface area contributed by atoms with E-state index >= 15 is 0 Å². The molecule has 0 bridgehead atoms. The van der Waals surface area contributed by atoms with E-state index in [1.54, 1.807) is 0 Å². The lowest BCUT2D eigenvalue weighted by Gasteiger charge is -2.06.